The Morgan fingerprint density at radius 2 is 0.824 bits per heavy atom. The number of rotatable bonds is 7. The molecule has 2 nitrogen and oxygen atoms in total. The second-order valence-electron chi connectivity index (χ2n) is 8.67. The Morgan fingerprint density at radius 1 is 0.500 bits per heavy atom. The monoisotopic (exact) mass is 527 g/mol. The number of carbonyl (C=O) groups is 1. The zero-order valence-corrected chi connectivity index (χ0v) is 17.5. The number of alkyl halides is 13. The maximum Gasteiger partial charge on any atom is 0.460 e. The topological polar surface area (TPSA) is 20.3 Å². The molecule has 34 heavy (non-hydrogen) atoms. The minimum absolute atomic E-state index is 0.0165. The van der Waals surface area contributed by atoms with Gasteiger partial charge in [0.15, 0.2) is 0 Å². The van der Waals surface area contributed by atoms with E-state index in [0.717, 1.165) is 0 Å². The molecule has 0 saturated heterocycles. The molecule has 0 unspecified atom stereocenters. The fourth-order valence-electron chi connectivity index (χ4n) is 4.41. The molecule has 2 rings (SSSR count). The van der Waals surface area contributed by atoms with E-state index in [2.05, 4.69) is 0 Å². The van der Waals surface area contributed by atoms with Crippen molar-refractivity contribution in [3.05, 3.63) is 0 Å². The summed E-state index contributed by atoms with van der Waals surface area (Å²) in [6, 6.07) is -2.26. The van der Waals surface area contributed by atoms with Gasteiger partial charge in [0.25, 0.3) is 5.91 Å². The Morgan fingerprint density at radius 3 is 1.15 bits per heavy atom. The predicted octanol–water partition coefficient (Wildman–Crippen LogP) is 7.22. The van der Waals surface area contributed by atoms with E-state index >= 15 is 0 Å². The van der Waals surface area contributed by atoms with E-state index in [4.69, 9.17) is 0 Å². The van der Waals surface area contributed by atoms with Gasteiger partial charge in [-0.15, -0.1) is 0 Å². The van der Waals surface area contributed by atoms with Gasteiger partial charge in [0.1, 0.15) is 0 Å². The largest absolute Gasteiger partial charge is 0.460 e. The molecule has 0 spiro atoms. The highest BCUT2D eigenvalue weighted by Gasteiger charge is 2.92. The lowest BCUT2D eigenvalue weighted by Crippen LogP contribution is -2.72. The van der Waals surface area contributed by atoms with Crippen LogP contribution in [0.15, 0.2) is 0 Å². The molecule has 2 saturated carbocycles. The summed E-state index contributed by atoms with van der Waals surface area (Å²) < 4.78 is 175. The highest BCUT2D eigenvalue weighted by atomic mass is 19.4. The Balaban J connectivity index is 2.51. The molecule has 2 aliphatic carbocycles. The first-order valence-corrected chi connectivity index (χ1v) is 10.5. The van der Waals surface area contributed by atoms with Crippen molar-refractivity contribution in [2.45, 2.75) is 112 Å². The van der Waals surface area contributed by atoms with Crippen molar-refractivity contribution in [3.63, 3.8) is 0 Å². The molecule has 0 atom stereocenters. The molecule has 0 heterocycles. The number of hydrogen-bond acceptors (Lipinski definition) is 1. The Kier molecular flexibility index (Phi) is 7.80. The molecule has 0 aliphatic heterocycles. The number of hydrogen-bond donors (Lipinski definition) is 0. The Hall–Kier alpha value is -1.44. The third kappa shape index (κ3) is 4.44. The maximum atomic E-state index is 14.6. The van der Waals surface area contributed by atoms with E-state index in [1.54, 1.807) is 0 Å². The lowest BCUT2D eigenvalue weighted by atomic mass is 9.87. The fourth-order valence-corrected chi connectivity index (χ4v) is 4.41. The molecular weight excluding hydrogens is 505 g/mol. The van der Waals surface area contributed by atoms with E-state index in [1.807, 2.05) is 0 Å². The van der Waals surface area contributed by atoms with Gasteiger partial charge >= 0.3 is 35.8 Å². The molecular formula is C19H22F13NO. The number of amides is 1. The number of halogens is 13. The Labute approximate surface area is 185 Å². The lowest BCUT2D eigenvalue weighted by molar-refractivity contribution is -0.436. The quantitative estimate of drug-likeness (QED) is 0.320. The van der Waals surface area contributed by atoms with Crippen molar-refractivity contribution < 1.29 is 61.9 Å². The summed E-state index contributed by atoms with van der Waals surface area (Å²) in [4.78, 5) is 12.8. The summed E-state index contributed by atoms with van der Waals surface area (Å²) in [5.74, 6) is -41.1. The second kappa shape index (κ2) is 9.21. The van der Waals surface area contributed by atoms with Crippen LogP contribution in [0.25, 0.3) is 0 Å². The molecule has 1 amide bonds. The lowest BCUT2D eigenvalue weighted by Gasteiger charge is -2.45. The van der Waals surface area contributed by atoms with Crippen LogP contribution in [0.2, 0.25) is 0 Å². The standard InChI is InChI=1S/C19H22F13NO/c20-14(21,15(22,23)16(24,25)17(26,27)18(28,29)19(30,31)32)13(34)33(11-7-3-1-4-8-11)12-9-5-2-6-10-12/h11-12H,1-10H2. The van der Waals surface area contributed by atoms with E-state index in [0.29, 0.717) is 38.5 Å². The van der Waals surface area contributed by atoms with Crippen molar-refractivity contribution in [1.29, 1.82) is 0 Å². The van der Waals surface area contributed by atoms with E-state index in [-0.39, 0.29) is 30.6 Å². The van der Waals surface area contributed by atoms with E-state index in [1.165, 1.54) is 0 Å². The molecule has 0 aromatic rings. The summed E-state index contributed by atoms with van der Waals surface area (Å²) in [5.41, 5.74) is 0. The smallest absolute Gasteiger partial charge is 0.331 e. The number of nitrogens with zero attached hydrogens (tertiary/aromatic N) is 1. The summed E-state index contributed by atoms with van der Waals surface area (Å²) in [6.07, 6.45) is -4.81. The van der Waals surface area contributed by atoms with Crippen LogP contribution in [0.5, 0.6) is 0 Å². The van der Waals surface area contributed by atoms with Gasteiger partial charge in [0, 0.05) is 12.1 Å². The minimum atomic E-state index is -8.01. The van der Waals surface area contributed by atoms with Crippen molar-refractivity contribution in [2.75, 3.05) is 0 Å². The molecule has 0 N–H and O–H groups in total. The van der Waals surface area contributed by atoms with Crippen LogP contribution in [0.1, 0.15) is 64.2 Å². The summed E-state index contributed by atoms with van der Waals surface area (Å²) in [5, 5.41) is 0. The third-order valence-corrected chi connectivity index (χ3v) is 6.37. The van der Waals surface area contributed by atoms with Gasteiger partial charge in [0.05, 0.1) is 0 Å². The van der Waals surface area contributed by atoms with Gasteiger partial charge < -0.3 is 4.90 Å². The maximum absolute atomic E-state index is 14.6. The average Bonchev–Trinajstić information content (AvgIpc) is 2.74. The van der Waals surface area contributed by atoms with E-state index in [9.17, 15) is 61.9 Å². The Bertz CT molecular complexity index is 704. The summed E-state index contributed by atoms with van der Waals surface area (Å²) in [6.45, 7) is 0. The van der Waals surface area contributed by atoms with Gasteiger partial charge in [0.2, 0.25) is 0 Å². The van der Waals surface area contributed by atoms with Crippen LogP contribution < -0.4 is 0 Å². The van der Waals surface area contributed by atoms with Crippen molar-refractivity contribution in [2.24, 2.45) is 0 Å². The summed E-state index contributed by atoms with van der Waals surface area (Å²) >= 11 is 0. The van der Waals surface area contributed by atoms with Gasteiger partial charge in [-0.2, -0.15) is 57.1 Å². The molecule has 2 aliphatic rings. The SMILES string of the molecule is O=C(N(C1CCCCC1)C1CCCCC1)C(F)(F)C(F)(F)C(F)(F)C(F)(F)C(F)(F)C(F)(F)F. The van der Waals surface area contributed by atoms with Crippen LogP contribution in [0.3, 0.4) is 0 Å². The van der Waals surface area contributed by atoms with Gasteiger partial charge in [-0.1, -0.05) is 38.5 Å². The molecule has 0 radical (unpaired) electrons. The molecule has 200 valence electrons. The molecule has 0 aromatic carbocycles. The van der Waals surface area contributed by atoms with Gasteiger partial charge in [-0.3, -0.25) is 4.79 Å². The van der Waals surface area contributed by atoms with Crippen LogP contribution in [-0.2, 0) is 4.79 Å². The van der Waals surface area contributed by atoms with Crippen LogP contribution in [0.4, 0.5) is 57.1 Å². The first kappa shape index (κ1) is 28.8. The molecule has 15 heteroatoms. The fraction of sp³-hybridized carbons (Fsp3) is 0.947. The van der Waals surface area contributed by atoms with E-state index < -0.39 is 53.8 Å². The van der Waals surface area contributed by atoms with Crippen LogP contribution in [0, 0.1) is 0 Å². The summed E-state index contributed by atoms with van der Waals surface area (Å²) in [7, 11) is 0. The van der Waals surface area contributed by atoms with Gasteiger partial charge in [-0.05, 0) is 25.7 Å². The molecule has 2 fully saturated rings. The van der Waals surface area contributed by atoms with Crippen LogP contribution >= 0.6 is 0 Å². The van der Waals surface area contributed by atoms with Crippen LogP contribution in [-0.4, -0.2) is 58.7 Å². The first-order valence-electron chi connectivity index (χ1n) is 10.5. The highest BCUT2D eigenvalue weighted by Crippen LogP contribution is 2.60. The number of carbonyl (C=O) groups excluding carboxylic acids is 1. The zero-order chi connectivity index (χ0) is 26.4. The van der Waals surface area contributed by atoms with Crippen molar-refractivity contribution in [1.82, 2.24) is 4.90 Å². The van der Waals surface area contributed by atoms with Crippen molar-refractivity contribution >= 4 is 5.91 Å². The average molecular weight is 527 g/mol. The third-order valence-electron chi connectivity index (χ3n) is 6.37. The first-order chi connectivity index (χ1) is 15.2. The minimum Gasteiger partial charge on any atom is -0.331 e. The normalized spacial score (nSPS) is 21.0. The predicted molar refractivity (Wildman–Crippen MR) is 91.4 cm³/mol. The molecule has 0 aromatic heterocycles. The van der Waals surface area contributed by atoms with Crippen molar-refractivity contribution in [3.8, 4) is 0 Å². The van der Waals surface area contributed by atoms with Gasteiger partial charge in [-0.25, -0.2) is 0 Å². The molecule has 0 bridgehead atoms. The highest BCUT2D eigenvalue weighted by molar-refractivity contribution is 5.85. The second-order valence-corrected chi connectivity index (χ2v) is 8.67. The zero-order valence-electron chi connectivity index (χ0n) is 17.5.